The molecule has 180 valence electrons. The Bertz CT molecular complexity index is 1470. The first-order chi connectivity index (χ1) is 16.9. The fourth-order valence-corrected chi connectivity index (χ4v) is 3.30. The van der Waals surface area contributed by atoms with Crippen LogP contribution in [0.25, 0.3) is 17.2 Å². The van der Waals surface area contributed by atoms with E-state index >= 15 is 0 Å². The number of hydrogen-bond acceptors (Lipinski definition) is 8. The largest absolute Gasteiger partial charge is 0.492 e. The molecule has 0 aliphatic carbocycles. The third kappa shape index (κ3) is 5.18. The summed E-state index contributed by atoms with van der Waals surface area (Å²) in [7, 11) is 1.35. The van der Waals surface area contributed by atoms with Crippen LogP contribution in [-0.2, 0) is 18.3 Å². The summed E-state index contributed by atoms with van der Waals surface area (Å²) in [6, 6.07) is 14.2. The zero-order valence-corrected chi connectivity index (χ0v) is 19.5. The molecule has 0 radical (unpaired) electrons. The number of nitrogens with zero attached hydrogens (tertiary/aromatic N) is 5. The van der Waals surface area contributed by atoms with E-state index < -0.39 is 11.2 Å². The third-order valence-electron chi connectivity index (χ3n) is 5.16. The molecule has 0 saturated carbocycles. The van der Waals surface area contributed by atoms with Crippen molar-refractivity contribution in [3.8, 4) is 23.0 Å². The maximum Gasteiger partial charge on any atom is 0.351 e. The summed E-state index contributed by atoms with van der Waals surface area (Å²) >= 11 is 0. The molecule has 2 aromatic carbocycles. The zero-order chi connectivity index (χ0) is 24.9. The smallest absolute Gasteiger partial charge is 0.351 e. The summed E-state index contributed by atoms with van der Waals surface area (Å²) in [6.45, 7) is 4.26. The van der Waals surface area contributed by atoms with Gasteiger partial charge in [-0.05, 0) is 38.1 Å². The van der Waals surface area contributed by atoms with E-state index in [0.29, 0.717) is 23.7 Å². The number of para-hydroxylation sites is 2. The van der Waals surface area contributed by atoms with E-state index in [4.69, 9.17) is 9.26 Å². The number of carbonyl (C=O) groups is 1. The summed E-state index contributed by atoms with van der Waals surface area (Å²) in [5.41, 5.74) is 0.672. The normalized spacial score (nSPS) is 10.8. The number of aryl methyl sites for hydroxylation is 2. The molecule has 1 amide bonds. The molecule has 0 spiro atoms. The molecule has 35 heavy (non-hydrogen) atoms. The van der Waals surface area contributed by atoms with E-state index in [9.17, 15) is 14.4 Å². The lowest BCUT2D eigenvalue weighted by atomic mass is 10.2. The van der Waals surface area contributed by atoms with Crippen LogP contribution in [-0.4, -0.2) is 37.0 Å². The second kappa shape index (κ2) is 10.2. The maximum atomic E-state index is 12.7. The van der Waals surface area contributed by atoms with Gasteiger partial charge in [-0.25, -0.2) is 4.79 Å². The average molecular weight is 476 g/mol. The van der Waals surface area contributed by atoms with Gasteiger partial charge < -0.3 is 14.6 Å². The van der Waals surface area contributed by atoms with Crippen LogP contribution in [0.15, 0.2) is 62.6 Å². The lowest BCUT2D eigenvalue weighted by Gasteiger charge is -2.10. The van der Waals surface area contributed by atoms with Crippen molar-refractivity contribution in [2.75, 3.05) is 11.9 Å². The molecule has 0 unspecified atom stereocenters. The van der Waals surface area contributed by atoms with Crippen LogP contribution < -0.4 is 21.3 Å². The van der Waals surface area contributed by atoms with E-state index in [1.807, 2.05) is 32.0 Å². The van der Waals surface area contributed by atoms with Crippen molar-refractivity contribution in [2.45, 2.75) is 26.7 Å². The molecule has 0 aliphatic heterocycles. The number of ether oxygens (including phenoxy) is 1. The Balaban J connectivity index is 1.52. The Morgan fingerprint density at radius 2 is 1.86 bits per heavy atom. The van der Waals surface area contributed by atoms with Crippen LogP contribution >= 0.6 is 0 Å². The van der Waals surface area contributed by atoms with Gasteiger partial charge in [0.25, 0.3) is 5.56 Å². The zero-order valence-electron chi connectivity index (χ0n) is 19.5. The average Bonchev–Trinajstić information content (AvgIpc) is 3.32. The van der Waals surface area contributed by atoms with E-state index in [1.54, 1.807) is 30.3 Å². The Morgan fingerprint density at radius 1 is 1.11 bits per heavy atom. The fraction of sp³-hybridized carbons (Fsp3) is 0.250. The predicted molar refractivity (Wildman–Crippen MR) is 128 cm³/mol. The van der Waals surface area contributed by atoms with Gasteiger partial charge in [-0.3, -0.25) is 14.2 Å². The highest BCUT2D eigenvalue weighted by Crippen LogP contribution is 2.24. The van der Waals surface area contributed by atoms with E-state index in [0.717, 1.165) is 14.8 Å². The minimum absolute atomic E-state index is 0.0659. The molecule has 0 fully saturated rings. The number of hydrogen-bond donors (Lipinski definition) is 1. The Labute approximate surface area is 200 Å². The molecule has 0 atom stereocenters. The highest BCUT2D eigenvalue weighted by molar-refractivity contribution is 5.92. The Kier molecular flexibility index (Phi) is 6.86. The number of rotatable bonds is 8. The summed E-state index contributed by atoms with van der Waals surface area (Å²) in [4.78, 5) is 41.9. The predicted octanol–water partition coefficient (Wildman–Crippen LogP) is 2.26. The van der Waals surface area contributed by atoms with E-state index in [-0.39, 0.29) is 36.2 Å². The Hall–Kier alpha value is -4.54. The van der Waals surface area contributed by atoms with Crippen molar-refractivity contribution < 1.29 is 14.1 Å². The van der Waals surface area contributed by atoms with Crippen molar-refractivity contribution in [3.05, 3.63) is 80.8 Å². The fourth-order valence-electron chi connectivity index (χ4n) is 3.30. The molecule has 0 saturated heterocycles. The molecule has 0 bridgehead atoms. The molecule has 2 aromatic heterocycles. The van der Waals surface area contributed by atoms with E-state index in [2.05, 4.69) is 20.6 Å². The molecule has 0 aliphatic rings. The second-order valence-corrected chi connectivity index (χ2v) is 7.73. The topological polar surface area (TPSA) is 134 Å². The van der Waals surface area contributed by atoms with Crippen LogP contribution in [0, 0.1) is 6.92 Å². The molecule has 11 heteroatoms. The lowest BCUT2D eigenvalue weighted by Crippen LogP contribution is -2.40. The molecule has 1 N–H and O–H groups in total. The van der Waals surface area contributed by atoms with Crippen LogP contribution in [0.3, 0.4) is 0 Å². The maximum absolute atomic E-state index is 12.7. The Morgan fingerprint density at radius 3 is 2.60 bits per heavy atom. The van der Waals surface area contributed by atoms with Crippen molar-refractivity contribution in [3.63, 3.8) is 0 Å². The summed E-state index contributed by atoms with van der Waals surface area (Å²) < 4.78 is 12.8. The summed E-state index contributed by atoms with van der Waals surface area (Å²) in [5, 5.41) is 10.8. The van der Waals surface area contributed by atoms with Gasteiger partial charge in [0.05, 0.1) is 18.0 Å². The van der Waals surface area contributed by atoms with Gasteiger partial charge in [-0.15, -0.1) is 0 Å². The summed E-state index contributed by atoms with van der Waals surface area (Å²) in [6.07, 6.45) is 0.212. The van der Waals surface area contributed by atoms with E-state index in [1.165, 1.54) is 7.05 Å². The first kappa shape index (κ1) is 23.6. The van der Waals surface area contributed by atoms with Crippen molar-refractivity contribution in [1.29, 1.82) is 0 Å². The van der Waals surface area contributed by atoms with Crippen LogP contribution in [0.4, 0.5) is 5.69 Å². The van der Waals surface area contributed by atoms with Gasteiger partial charge in [0.15, 0.2) is 5.69 Å². The SMILES string of the molecule is CCOc1ccccc1NC(=O)CCc1nc(-c2nn(-c3ccc(C)cc3)c(=O)n(C)c2=O)no1. The molecule has 4 rings (SSSR count). The standard InChI is InChI=1S/C24H24N6O5/c1-4-34-18-8-6-5-7-17(18)25-19(31)13-14-20-26-22(28-35-20)21-23(32)29(3)24(33)30(27-21)16-11-9-15(2)10-12-16/h5-12H,4,13-14H2,1-3H3,(H,25,31). The van der Waals surface area contributed by atoms with Crippen LogP contribution in [0.5, 0.6) is 5.75 Å². The number of carbonyl (C=O) groups excluding carboxylic acids is 1. The first-order valence-corrected chi connectivity index (χ1v) is 11.0. The highest BCUT2D eigenvalue weighted by atomic mass is 16.5. The van der Waals surface area contributed by atoms with Gasteiger partial charge >= 0.3 is 5.69 Å². The number of aromatic nitrogens is 5. The minimum atomic E-state index is -0.656. The van der Waals surface area contributed by atoms with Crippen molar-refractivity contribution in [2.24, 2.45) is 7.05 Å². The molecule has 4 aromatic rings. The quantitative estimate of drug-likeness (QED) is 0.409. The van der Waals surface area contributed by atoms with Crippen molar-refractivity contribution in [1.82, 2.24) is 24.5 Å². The minimum Gasteiger partial charge on any atom is -0.492 e. The highest BCUT2D eigenvalue weighted by Gasteiger charge is 2.19. The first-order valence-electron chi connectivity index (χ1n) is 11.0. The second-order valence-electron chi connectivity index (χ2n) is 7.73. The van der Waals surface area contributed by atoms with Crippen LogP contribution in [0.2, 0.25) is 0 Å². The molecular weight excluding hydrogens is 452 g/mol. The van der Waals surface area contributed by atoms with Crippen molar-refractivity contribution >= 4 is 11.6 Å². The number of nitrogens with one attached hydrogen (secondary N) is 1. The van der Waals surface area contributed by atoms with Gasteiger partial charge in [-0.2, -0.15) is 14.8 Å². The molecule has 2 heterocycles. The number of benzene rings is 2. The van der Waals surface area contributed by atoms with Gasteiger partial charge in [-0.1, -0.05) is 35.0 Å². The summed E-state index contributed by atoms with van der Waals surface area (Å²) in [5.74, 6) is 0.404. The molecule has 11 nitrogen and oxygen atoms in total. The number of amides is 1. The van der Waals surface area contributed by atoms with Gasteiger partial charge in [0, 0.05) is 19.9 Å². The van der Waals surface area contributed by atoms with Gasteiger partial charge in [0.1, 0.15) is 5.75 Å². The molecular formula is C24H24N6O5. The number of anilines is 1. The third-order valence-corrected chi connectivity index (χ3v) is 5.16. The monoisotopic (exact) mass is 476 g/mol. The lowest BCUT2D eigenvalue weighted by molar-refractivity contribution is -0.116. The van der Waals surface area contributed by atoms with Crippen LogP contribution in [0.1, 0.15) is 24.8 Å². The van der Waals surface area contributed by atoms with Gasteiger partial charge in [0.2, 0.25) is 17.6 Å².